The van der Waals surface area contributed by atoms with Crippen LogP contribution in [0.1, 0.15) is 76.5 Å². The minimum Gasteiger partial charge on any atom is -0.446 e. The fourth-order valence-corrected chi connectivity index (χ4v) is 6.55. The van der Waals surface area contributed by atoms with Gasteiger partial charge in [-0.25, -0.2) is 9.78 Å². The summed E-state index contributed by atoms with van der Waals surface area (Å²) in [6.45, 7) is 15.5. The average molecular weight is 515 g/mol. The van der Waals surface area contributed by atoms with Crippen LogP contribution in [0.3, 0.4) is 0 Å². The highest BCUT2D eigenvalue weighted by molar-refractivity contribution is 5.68. The normalized spacial score (nSPS) is 23.0. The highest BCUT2D eigenvalue weighted by atomic mass is 16.6. The summed E-state index contributed by atoms with van der Waals surface area (Å²) in [5.74, 6) is 1.86. The van der Waals surface area contributed by atoms with Crippen molar-refractivity contribution in [1.82, 2.24) is 9.88 Å². The first-order valence-corrected chi connectivity index (χ1v) is 14.2. The number of rotatable bonds is 3. The lowest BCUT2D eigenvalue weighted by molar-refractivity contribution is 0.0250. The molecule has 3 unspecified atom stereocenters. The van der Waals surface area contributed by atoms with Crippen molar-refractivity contribution in [1.29, 1.82) is 5.26 Å². The molecule has 1 aliphatic carbocycles. The summed E-state index contributed by atoms with van der Waals surface area (Å²) >= 11 is 0. The lowest BCUT2D eigenvalue weighted by Gasteiger charge is -2.49. The molecule has 2 fully saturated rings. The van der Waals surface area contributed by atoms with Crippen LogP contribution >= 0.6 is 0 Å². The molecule has 0 radical (unpaired) electrons. The average Bonchev–Trinajstić information content (AvgIpc) is 2.94. The van der Waals surface area contributed by atoms with Gasteiger partial charge in [0.2, 0.25) is 0 Å². The van der Waals surface area contributed by atoms with Gasteiger partial charge in [0.1, 0.15) is 18.0 Å². The molecule has 1 amide bonds. The van der Waals surface area contributed by atoms with Crippen LogP contribution in [0, 0.1) is 23.2 Å². The lowest BCUT2D eigenvalue weighted by atomic mass is 9.69. The van der Waals surface area contributed by atoms with Crippen molar-refractivity contribution in [2.24, 2.45) is 11.8 Å². The molecule has 3 aliphatic rings. The second-order valence-electron chi connectivity index (χ2n) is 11.1. The number of ether oxygens (including phenoxy) is 1. The van der Waals surface area contributed by atoms with Crippen molar-refractivity contribution < 1.29 is 9.53 Å². The number of hydrogen-bond donors (Lipinski definition) is 0. The third kappa shape index (κ3) is 5.88. The molecule has 202 valence electrons. The number of nitrogens with zero attached hydrogens (tertiary/aromatic N) is 4. The standard InChI is InChI=1S/C30H36N4O2.C2H6/c1-21-14-22(2)16-26(15-21)23(3)36-29(35)33-12-10-30(11-13-33)20-34(19-25-6-4-5-7-27(25)30)28-9-8-24(17-31)18-32-28;1-2/h4-9,18,22-23,26H,1,10-16,19-20H2,2-3H3;1-2H3. The topological polar surface area (TPSA) is 69.5 Å². The molecule has 3 atom stereocenters. The lowest BCUT2D eigenvalue weighted by Crippen LogP contribution is -2.53. The summed E-state index contributed by atoms with van der Waals surface area (Å²) in [6.07, 6.45) is 6.27. The second-order valence-corrected chi connectivity index (χ2v) is 11.1. The number of carbonyl (C=O) groups is 1. The van der Waals surface area contributed by atoms with Crippen LogP contribution in [0.5, 0.6) is 0 Å². The number of fused-ring (bicyclic) bond motifs is 2. The summed E-state index contributed by atoms with van der Waals surface area (Å²) in [5.41, 5.74) is 4.51. The Balaban J connectivity index is 0.00000164. The van der Waals surface area contributed by atoms with Crippen LogP contribution < -0.4 is 4.90 Å². The fourth-order valence-electron chi connectivity index (χ4n) is 6.55. The number of nitriles is 1. The number of pyridine rings is 1. The largest absolute Gasteiger partial charge is 0.446 e. The van der Waals surface area contributed by atoms with E-state index in [0.29, 0.717) is 30.5 Å². The van der Waals surface area contributed by atoms with Gasteiger partial charge in [-0.15, -0.1) is 0 Å². The van der Waals surface area contributed by atoms with Crippen LogP contribution in [0.15, 0.2) is 54.7 Å². The quantitative estimate of drug-likeness (QED) is 0.419. The molecule has 6 nitrogen and oxygen atoms in total. The number of allylic oxidation sites excluding steroid dienone is 1. The summed E-state index contributed by atoms with van der Waals surface area (Å²) < 4.78 is 5.98. The van der Waals surface area contributed by atoms with Gasteiger partial charge in [0, 0.05) is 37.8 Å². The number of hydrogen-bond acceptors (Lipinski definition) is 5. The smallest absolute Gasteiger partial charge is 0.410 e. The fraction of sp³-hybridized carbons (Fsp3) is 0.531. The van der Waals surface area contributed by atoms with Crippen molar-refractivity contribution in [2.45, 2.75) is 77.9 Å². The number of piperidine rings is 1. The monoisotopic (exact) mass is 514 g/mol. The van der Waals surface area contributed by atoms with E-state index in [1.54, 1.807) is 6.20 Å². The van der Waals surface area contributed by atoms with Crippen LogP contribution in [0.25, 0.3) is 0 Å². The van der Waals surface area contributed by atoms with E-state index in [0.717, 1.165) is 51.0 Å². The molecule has 6 heteroatoms. The van der Waals surface area contributed by atoms with Gasteiger partial charge in [-0.2, -0.15) is 5.26 Å². The van der Waals surface area contributed by atoms with Gasteiger partial charge in [0.15, 0.2) is 0 Å². The second kappa shape index (κ2) is 12.0. The molecule has 1 aromatic heterocycles. The first kappa shape index (κ1) is 27.7. The van der Waals surface area contributed by atoms with Crippen molar-refractivity contribution >= 4 is 11.9 Å². The molecule has 2 aromatic rings. The predicted molar refractivity (Wildman–Crippen MR) is 152 cm³/mol. The molecule has 2 aliphatic heterocycles. The Kier molecular flexibility index (Phi) is 8.76. The summed E-state index contributed by atoms with van der Waals surface area (Å²) in [5, 5.41) is 9.14. The minimum absolute atomic E-state index is 0.0383. The SMILES string of the molecule is C=C1CC(C)CC(C(C)OC(=O)N2CCC3(CC2)CN(c2ccc(C#N)cn2)Cc2ccccc23)C1.CC. The Morgan fingerprint density at radius 3 is 2.58 bits per heavy atom. The molecule has 3 heterocycles. The van der Waals surface area contributed by atoms with Crippen LogP contribution in [-0.2, 0) is 16.7 Å². The maximum absolute atomic E-state index is 13.1. The van der Waals surface area contributed by atoms with Crippen LogP contribution in [0.4, 0.5) is 10.6 Å². The molecule has 1 saturated carbocycles. The molecule has 5 rings (SSSR count). The maximum atomic E-state index is 13.1. The zero-order chi connectivity index (χ0) is 27.3. The third-order valence-electron chi connectivity index (χ3n) is 8.47. The molecule has 0 bridgehead atoms. The summed E-state index contributed by atoms with van der Waals surface area (Å²) in [7, 11) is 0. The highest BCUT2D eigenvalue weighted by Crippen LogP contribution is 2.43. The van der Waals surface area contributed by atoms with Gasteiger partial charge >= 0.3 is 6.09 Å². The molecular formula is C32H42N4O2. The van der Waals surface area contributed by atoms with Crippen molar-refractivity contribution in [3.8, 4) is 6.07 Å². The molecule has 38 heavy (non-hydrogen) atoms. The van der Waals surface area contributed by atoms with E-state index in [4.69, 9.17) is 10.00 Å². The van der Waals surface area contributed by atoms with Gasteiger partial charge in [0.05, 0.1) is 5.56 Å². The van der Waals surface area contributed by atoms with E-state index in [1.807, 2.05) is 37.8 Å². The highest BCUT2D eigenvalue weighted by Gasteiger charge is 2.43. The Labute approximate surface area is 228 Å². The number of amides is 1. The van der Waals surface area contributed by atoms with E-state index in [9.17, 15) is 4.79 Å². The number of benzene rings is 1. The van der Waals surface area contributed by atoms with Crippen LogP contribution in [0.2, 0.25) is 0 Å². The van der Waals surface area contributed by atoms with Gasteiger partial charge in [0.25, 0.3) is 0 Å². The van der Waals surface area contributed by atoms with Gasteiger partial charge in [-0.1, -0.05) is 57.2 Å². The first-order chi connectivity index (χ1) is 18.4. The minimum atomic E-state index is -0.184. The number of carbonyl (C=O) groups excluding carboxylic acids is 1. The van der Waals surface area contributed by atoms with Crippen molar-refractivity contribution in [3.63, 3.8) is 0 Å². The molecular weight excluding hydrogens is 472 g/mol. The van der Waals surface area contributed by atoms with Gasteiger partial charge < -0.3 is 14.5 Å². The maximum Gasteiger partial charge on any atom is 0.410 e. The molecule has 1 saturated heterocycles. The van der Waals surface area contributed by atoms with Crippen molar-refractivity contribution in [2.75, 3.05) is 24.5 Å². The van der Waals surface area contributed by atoms with Gasteiger partial charge in [-0.05, 0) is 74.1 Å². The van der Waals surface area contributed by atoms with E-state index in [-0.39, 0.29) is 17.6 Å². The molecule has 0 N–H and O–H groups in total. The van der Waals surface area contributed by atoms with E-state index < -0.39 is 0 Å². The molecule has 1 aromatic carbocycles. The van der Waals surface area contributed by atoms with Gasteiger partial charge in [-0.3, -0.25) is 0 Å². The predicted octanol–water partition coefficient (Wildman–Crippen LogP) is 6.85. The van der Waals surface area contributed by atoms with Crippen molar-refractivity contribution in [3.05, 3.63) is 71.4 Å². The van der Waals surface area contributed by atoms with E-state index in [1.165, 1.54) is 16.7 Å². The zero-order valence-corrected chi connectivity index (χ0v) is 23.4. The molecule has 1 spiro atoms. The van der Waals surface area contributed by atoms with Crippen LogP contribution in [-0.4, -0.2) is 41.7 Å². The summed E-state index contributed by atoms with van der Waals surface area (Å²) in [6, 6.07) is 14.6. The Hall–Kier alpha value is -3.33. The number of anilines is 1. The summed E-state index contributed by atoms with van der Waals surface area (Å²) in [4.78, 5) is 21.9. The first-order valence-electron chi connectivity index (χ1n) is 14.2. The zero-order valence-electron chi connectivity index (χ0n) is 23.4. The Morgan fingerprint density at radius 2 is 1.92 bits per heavy atom. The number of likely N-dealkylation sites (tertiary alicyclic amines) is 1. The third-order valence-corrected chi connectivity index (χ3v) is 8.47. The Bertz CT molecular complexity index is 1160. The Morgan fingerprint density at radius 1 is 1.18 bits per heavy atom. The van der Waals surface area contributed by atoms with E-state index in [2.05, 4.69) is 53.7 Å². The van der Waals surface area contributed by atoms with E-state index >= 15 is 0 Å². The number of aromatic nitrogens is 1.